The number of aromatic carboxylic acids is 2. The topological polar surface area (TPSA) is 98.1 Å². The van der Waals surface area contributed by atoms with E-state index in [0.29, 0.717) is 0 Å². The lowest BCUT2D eigenvalue weighted by Gasteiger charge is -2.20. The van der Waals surface area contributed by atoms with Crippen molar-refractivity contribution in [2.45, 2.75) is 27.0 Å². The summed E-state index contributed by atoms with van der Waals surface area (Å²) in [7, 11) is 0. The molecular formula is C14H21NO5. The van der Waals surface area contributed by atoms with E-state index in [1.165, 1.54) is 24.3 Å². The molecular weight excluding hydrogens is 262 g/mol. The molecule has 112 valence electrons. The van der Waals surface area contributed by atoms with Gasteiger partial charge in [-0.15, -0.1) is 0 Å². The quantitative estimate of drug-likeness (QED) is 0.712. The fourth-order valence-corrected chi connectivity index (χ4v) is 1.61. The Morgan fingerprint density at radius 3 is 1.55 bits per heavy atom. The third kappa shape index (κ3) is 5.81. The van der Waals surface area contributed by atoms with Crippen LogP contribution >= 0.6 is 0 Å². The number of carbonyl (C=O) groups is 2. The zero-order valence-electron chi connectivity index (χ0n) is 11.9. The van der Waals surface area contributed by atoms with Gasteiger partial charge >= 0.3 is 11.9 Å². The van der Waals surface area contributed by atoms with E-state index in [1.54, 1.807) is 6.92 Å². The fraction of sp³-hybridized carbons (Fsp3) is 0.429. The van der Waals surface area contributed by atoms with Crippen LogP contribution in [0.5, 0.6) is 0 Å². The molecule has 1 aromatic carbocycles. The lowest BCUT2D eigenvalue weighted by atomic mass is 10.1. The Hall–Kier alpha value is -1.92. The van der Waals surface area contributed by atoms with Crippen molar-refractivity contribution in [1.29, 1.82) is 0 Å². The number of hydrogen-bond donors (Lipinski definition) is 3. The standard InChI is InChI=1S/C8H6O4.C6H15NO/c9-7(10)5-3-1-2-4-6(5)8(11)12;1-4-7(5-2)6(3)8/h1-4H,(H,9,10)(H,11,12);6,8H,4-5H2,1-3H3. The van der Waals surface area contributed by atoms with E-state index in [0.717, 1.165) is 13.1 Å². The molecule has 1 unspecified atom stereocenters. The van der Waals surface area contributed by atoms with Crippen LogP contribution in [0.2, 0.25) is 0 Å². The van der Waals surface area contributed by atoms with E-state index in [1.807, 2.05) is 18.7 Å². The van der Waals surface area contributed by atoms with Crippen LogP contribution in [0, 0.1) is 0 Å². The summed E-state index contributed by atoms with van der Waals surface area (Å²) >= 11 is 0. The molecule has 0 aromatic heterocycles. The van der Waals surface area contributed by atoms with Gasteiger partial charge in [0, 0.05) is 0 Å². The lowest BCUT2D eigenvalue weighted by Crippen LogP contribution is -2.32. The zero-order chi connectivity index (χ0) is 15.7. The van der Waals surface area contributed by atoms with Crippen LogP contribution in [0.25, 0.3) is 0 Å². The largest absolute Gasteiger partial charge is 0.478 e. The van der Waals surface area contributed by atoms with Gasteiger partial charge in [-0.1, -0.05) is 26.0 Å². The van der Waals surface area contributed by atoms with Crippen molar-refractivity contribution < 1.29 is 24.9 Å². The van der Waals surface area contributed by atoms with Gasteiger partial charge in [-0.25, -0.2) is 9.59 Å². The maximum absolute atomic E-state index is 10.5. The molecule has 0 aliphatic heterocycles. The first kappa shape index (κ1) is 18.1. The summed E-state index contributed by atoms with van der Waals surface area (Å²) in [5.74, 6) is -2.46. The second-order valence-corrected chi connectivity index (χ2v) is 4.01. The second kappa shape index (κ2) is 9.06. The van der Waals surface area contributed by atoms with Crippen molar-refractivity contribution in [3.8, 4) is 0 Å². The molecule has 0 spiro atoms. The highest BCUT2D eigenvalue weighted by atomic mass is 16.4. The van der Waals surface area contributed by atoms with Gasteiger partial charge in [0.05, 0.1) is 11.1 Å². The average Bonchev–Trinajstić information content (AvgIpc) is 2.40. The summed E-state index contributed by atoms with van der Waals surface area (Å²) in [6.45, 7) is 7.71. The number of rotatable bonds is 5. The Labute approximate surface area is 118 Å². The third-order valence-corrected chi connectivity index (χ3v) is 2.73. The molecule has 0 saturated heterocycles. The SMILES string of the molecule is CCN(CC)C(C)O.O=C(O)c1ccccc1C(=O)O. The highest BCUT2D eigenvalue weighted by Gasteiger charge is 2.13. The van der Waals surface area contributed by atoms with Crippen molar-refractivity contribution in [1.82, 2.24) is 4.90 Å². The van der Waals surface area contributed by atoms with Crippen LogP contribution in [0.15, 0.2) is 24.3 Å². The van der Waals surface area contributed by atoms with E-state index in [2.05, 4.69) is 0 Å². The van der Waals surface area contributed by atoms with Gasteiger partial charge in [-0.3, -0.25) is 4.90 Å². The smallest absolute Gasteiger partial charge is 0.336 e. The average molecular weight is 283 g/mol. The van der Waals surface area contributed by atoms with Crippen LogP contribution in [0.3, 0.4) is 0 Å². The van der Waals surface area contributed by atoms with Gasteiger partial charge in [0.15, 0.2) is 0 Å². The zero-order valence-corrected chi connectivity index (χ0v) is 11.9. The summed E-state index contributed by atoms with van der Waals surface area (Å²) < 4.78 is 0. The minimum absolute atomic E-state index is 0.190. The van der Waals surface area contributed by atoms with Gasteiger partial charge in [-0.2, -0.15) is 0 Å². The van der Waals surface area contributed by atoms with Crippen LogP contribution in [-0.4, -0.2) is 51.5 Å². The van der Waals surface area contributed by atoms with Gasteiger partial charge in [0.25, 0.3) is 0 Å². The van der Waals surface area contributed by atoms with Crippen LogP contribution in [0.1, 0.15) is 41.5 Å². The Balaban J connectivity index is 0.000000396. The molecule has 0 fully saturated rings. The molecule has 0 aliphatic rings. The molecule has 20 heavy (non-hydrogen) atoms. The molecule has 1 atom stereocenters. The molecule has 6 nitrogen and oxygen atoms in total. The summed E-state index contributed by atoms with van der Waals surface area (Å²) in [5.41, 5.74) is -0.380. The molecule has 0 amide bonds. The van der Waals surface area contributed by atoms with Crippen LogP contribution in [0.4, 0.5) is 0 Å². The van der Waals surface area contributed by atoms with E-state index in [-0.39, 0.29) is 17.4 Å². The number of hydrogen-bond acceptors (Lipinski definition) is 4. The minimum Gasteiger partial charge on any atom is -0.478 e. The molecule has 1 aromatic rings. The summed E-state index contributed by atoms with van der Waals surface area (Å²) in [6.07, 6.45) is -0.287. The highest BCUT2D eigenvalue weighted by Crippen LogP contribution is 2.07. The number of aliphatic hydroxyl groups excluding tert-OH is 1. The number of carboxylic acid groups (broad SMARTS) is 2. The third-order valence-electron chi connectivity index (χ3n) is 2.73. The van der Waals surface area contributed by atoms with Gasteiger partial charge < -0.3 is 15.3 Å². The first-order valence-corrected chi connectivity index (χ1v) is 6.32. The maximum Gasteiger partial charge on any atom is 0.336 e. The number of nitrogens with zero attached hydrogens (tertiary/aromatic N) is 1. The van der Waals surface area contributed by atoms with Crippen LogP contribution in [-0.2, 0) is 0 Å². The van der Waals surface area contributed by atoms with E-state index < -0.39 is 11.9 Å². The normalized spacial score (nSPS) is 11.4. The van der Waals surface area contributed by atoms with Gasteiger partial charge in [0.2, 0.25) is 0 Å². The predicted molar refractivity (Wildman–Crippen MR) is 75.0 cm³/mol. The van der Waals surface area contributed by atoms with E-state index in [9.17, 15) is 9.59 Å². The summed E-state index contributed by atoms with van der Waals surface area (Å²) in [6, 6.07) is 5.48. The Bertz CT molecular complexity index is 408. The summed E-state index contributed by atoms with van der Waals surface area (Å²) in [4.78, 5) is 22.9. The molecule has 0 bridgehead atoms. The number of carboxylic acids is 2. The van der Waals surface area contributed by atoms with Crippen LogP contribution < -0.4 is 0 Å². The maximum atomic E-state index is 10.5. The van der Waals surface area contributed by atoms with Crippen molar-refractivity contribution in [3.05, 3.63) is 35.4 Å². The van der Waals surface area contributed by atoms with Crippen molar-refractivity contribution >= 4 is 11.9 Å². The Kier molecular flexibility index (Phi) is 8.19. The van der Waals surface area contributed by atoms with E-state index in [4.69, 9.17) is 15.3 Å². The molecule has 0 saturated carbocycles. The van der Waals surface area contributed by atoms with E-state index >= 15 is 0 Å². The molecule has 6 heteroatoms. The summed E-state index contributed by atoms with van der Waals surface area (Å²) in [5, 5.41) is 26.0. The first-order valence-electron chi connectivity index (χ1n) is 6.32. The van der Waals surface area contributed by atoms with Crippen molar-refractivity contribution in [2.24, 2.45) is 0 Å². The Morgan fingerprint density at radius 1 is 1.05 bits per heavy atom. The van der Waals surface area contributed by atoms with Crippen molar-refractivity contribution in [2.75, 3.05) is 13.1 Å². The van der Waals surface area contributed by atoms with Gasteiger partial charge in [-0.05, 0) is 32.1 Å². The molecule has 0 heterocycles. The Morgan fingerprint density at radius 2 is 1.40 bits per heavy atom. The molecule has 0 radical (unpaired) electrons. The predicted octanol–water partition coefficient (Wildman–Crippen LogP) is 1.75. The van der Waals surface area contributed by atoms with Crippen molar-refractivity contribution in [3.63, 3.8) is 0 Å². The monoisotopic (exact) mass is 283 g/mol. The van der Waals surface area contributed by atoms with Gasteiger partial charge in [0.1, 0.15) is 6.23 Å². The molecule has 1 rings (SSSR count). The molecule has 3 N–H and O–H groups in total. The second-order valence-electron chi connectivity index (χ2n) is 4.01. The molecule has 0 aliphatic carbocycles. The number of benzene rings is 1. The minimum atomic E-state index is -1.23. The number of aliphatic hydroxyl groups is 1. The fourth-order valence-electron chi connectivity index (χ4n) is 1.61. The first-order chi connectivity index (χ1) is 9.34. The highest BCUT2D eigenvalue weighted by molar-refractivity contribution is 6.01. The lowest BCUT2D eigenvalue weighted by molar-refractivity contribution is 0.0265.